The van der Waals surface area contributed by atoms with Gasteiger partial charge in [-0.3, -0.25) is 9.89 Å². The molecule has 1 saturated heterocycles. The van der Waals surface area contributed by atoms with Crippen molar-refractivity contribution in [3.8, 4) is 0 Å². The lowest BCUT2D eigenvalue weighted by molar-refractivity contribution is 0.102. The highest BCUT2D eigenvalue weighted by molar-refractivity contribution is 14.0. The Hall–Kier alpha value is -0.900. The van der Waals surface area contributed by atoms with E-state index in [2.05, 4.69) is 51.1 Å². The lowest BCUT2D eigenvalue weighted by Gasteiger charge is -2.40. The number of hydrogen-bond donors (Lipinski definition) is 2. The Labute approximate surface area is 199 Å². The Balaban J connectivity index is 0.00000320. The fraction of sp³-hybridized carbons (Fsp3) is 0.864. The largest absolute Gasteiger partial charge is 0.355 e. The van der Waals surface area contributed by atoms with E-state index in [0.29, 0.717) is 6.04 Å². The lowest BCUT2D eigenvalue weighted by Crippen LogP contribution is -2.50. The molecular formula is C22H42IN7. The zero-order valence-electron chi connectivity index (χ0n) is 19.2. The van der Waals surface area contributed by atoms with Gasteiger partial charge in [0.15, 0.2) is 5.96 Å². The Morgan fingerprint density at radius 3 is 2.53 bits per heavy atom. The summed E-state index contributed by atoms with van der Waals surface area (Å²) < 4.78 is 2.13. The van der Waals surface area contributed by atoms with E-state index in [1.54, 1.807) is 0 Å². The van der Waals surface area contributed by atoms with E-state index < -0.39 is 0 Å². The zero-order valence-corrected chi connectivity index (χ0v) is 21.5. The molecule has 3 rings (SSSR count). The van der Waals surface area contributed by atoms with Gasteiger partial charge in [-0.25, -0.2) is 0 Å². The van der Waals surface area contributed by atoms with E-state index in [1.165, 1.54) is 64.5 Å². The first-order chi connectivity index (χ1) is 14.1. The summed E-state index contributed by atoms with van der Waals surface area (Å²) in [5, 5.41) is 15.5. The Kier molecular flexibility index (Phi) is 10.8. The molecule has 30 heavy (non-hydrogen) atoms. The molecule has 2 fully saturated rings. The van der Waals surface area contributed by atoms with Gasteiger partial charge in [0.2, 0.25) is 0 Å². The molecular weight excluding hydrogens is 489 g/mol. The van der Waals surface area contributed by atoms with Gasteiger partial charge >= 0.3 is 0 Å². The molecule has 2 aliphatic rings. The van der Waals surface area contributed by atoms with Crippen molar-refractivity contribution in [3.05, 3.63) is 12.2 Å². The fourth-order valence-corrected chi connectivity index (χ4v) is 4.50. The quantitative estimate of drug-likeness (QED) is 0.305. The van der Waals surface area contributed by atoms with Crippen molar-refractivity contribution < 1.29 is 0 Å². The van der Waals surface area contributed by atoms with E-state index in [4.69, 9.17) is 4.99 Å². The highest BCUT2D eigenvalue weighted by Gasteiger charge is 2.28. The van der Waals surface area contributed by atoms with Crippen molar-refractivity contribution in [1.82, 2.24) is 30.3 Å². The summed E-state index contributed by atoms with van der Waals surface area (Å²) in [5.74, 6) is 2.00. The maximum Gasteiger partial charge on any atom is 0.191 e. The first-order valence-corrected chi connectivity index (χ1v) is 11.7. The molecule has 8 heteroatoms. The van der Waals surface area contributed by atoms with Gasteiger partial charge in [0, 0.05) is 31.1 Å². The van der Waals surface area contributed by atoms with Crippen LogP contribution in [0.1, 0.15) is 78.0 Å². The summed E-state index contributed by atoms with van der Waals surface area (Å²) in [6.07, 6.45) is 13.3. The van der Waals surface area contributed by atoms with Crippen LogP contribution in [-0.4, -0.2) is 63.4 Å². The van der Waals surface area contributed by atoms with Gasteiger partial charge in [-0.05, 0) is 52.6 Å². The number of aromatic nitrogens is 3. The third kappa shape index (κ3) is 7.66. The Morgan fingerprint density at radius 1 is 1.13 bits per heavy atom. The van der Waals surface area contributed by atoms with Crippen LogP contribution in [0.5, 0.6) is 0 Å². The van der Waals surface area contributed by atoms with Crippen LogP contribution < -0.4 is 10.6 Å². The van der Waals surface area contributed by atoms with Crippen LogP contribution in [0.25, 0.3) is 0 Å². The molecule has 0 amide bonds. The average Bonchev–Trinajstić information content (AvgIpc) is 3.21. The van der Waals surface area contributed by atoms with Crippen molar-refractivity contribution in [2.75, 3.05) is 26.2 Å². The smallest absolute Gasteiger partial charge is 0.191 e. The van der Waals surface area contributed by atoms with Gasteiger partial charge in [0.1, 0.15) is 12.2 Å². The molecule has 1 aromatic rings. The molecule has 2 N–H and O–H groups in total. The van der Waals surface area contributed by atoms with Gasteiger partial charge < -0.3 is 15.2 Å². The summed E-state index contributed by atoms with van der Waals surface area (Å²) >= 11 is 0. The number of rotatable bonds is 8. The first kappa shape index (κ1) is 25.4. The van der Waals surface area contributed by atoms with Gasteiger partial charge in [-0.15, -0.1) is 34.2 Å². The SMILES string of the molecule is CCc1nncn1CCNC(=NCC(C)(C)N1CCCCC1)NC1CCCCC1.I. The standard InChI is InChI=1S/C22H41N7.HI/c1-4-20-27-25-18-28(20)16-13-23-21(26-19-11-7-5-8-12-19)24-17-22(2,3)29-14-9-6-10-15-29;/h18-19H,4-17H2,1-3H3,(H2,23,24,26);1H. The van der Waals surface area contributed by atoms with Crippen molar-refractivity contribution in [2.45, 2.75) is 96.7 Å². The predicted octanol–water partition coefficient (Wildman–Crippen LogP) is 3.59. The molecule has 0 radical (unpaired) electrons. The van der Waals surface area contributed by atoms with Crippen molar-refractivity contribution in [2.24, 2.45) is 4.99 Å². The lowest BCUT2D eigenvalue weighted by atomic mass is 9.96. The van der Waals surface area contributed by atoms with Gasteiger partial charge in [-0.2, -0.15) is 0 Å². The zero-order chi connectivity index (χ0) is 20.5. The van der Waals surface area contributed by atoms with Crippen LogP contribution in [0.15, 0.2) is 11.3 Å². The van der Waals surface area contributed by atoms with Crippen LogP contribution in [0, 0.1) is 0 Å². The van der Waals surface area contributed by atoms with E-state index in [1.807, 2.05) is 6.33 Å². The molecule has 1 aliphatic heterocycles. The molecule has 0 bridgehead atoms. The minimum Gasteiger partial charge on any atom is -0.355 e. The molecule has 1 saturated carbocycles. The Bertz CT molecular complexity index is 631. The molecule has 1 aliphatic carbocycles. The second-order valence-electron chi connectivity index (χ2n) is 9.23. The number of hydrogen-bond acceptors (Lipinski definition) is 4. The summed E-state index contributed by atoms with van der Waals surface area (Å²) in [6, 6.07) is 0.550. The average molecular weight is 532 g/mol. The fourth-order valence-electron chi connectivity index (χ4n) is 4.50. The number of guanidine groups is 1. The molecule has 7 nitrogen and oxygen atoms in total. The number of halogens is 1. The second kappa shape index (κ2) is 12.8. The monoisotopic (exact) mass is 531 g/mol. The maximum absolute atomic E-state index is 5.04. The molecule has 2 heterocycles. The number of nitrogens with one attached hydrogen (secondary N) is 2. The van der Waals surface area contributed by atoms with E-state index in [9.17, 15) is 0 Å². The van der Waals surface area contributed by atoms with E-state index in [-0.39, 0.29) is 29.5 Å². The number of nitrogens with zero attached hydrogens (tertiary/aromatic N) is 5. The van der Waals surface area contributed by atoms with Gasteiger partial charge in [-0.1, -0.05) is 32.6 Å². The first-order valence-electron chi connectivity index (χ1n) is 11.7. The topological polar surface area (TPSA) is 70.4 Å². The van der Waals surface area contributed by atoms with Gasteiger partial charge in [0.05, 0.1) is 6.54 Å². The van der Waals surface area contributed by atoms with Gasteiger partial charge in [0.25, 0.3) is 0 Å². The number of aliphatic imine (C=N–C) groups is 1. The molecule has 0 aromatic carbocycles. The normalized spacial score (nSPS) is 19.4. The van der Waals surface area contributed by atoms with Crippen molar-refractivity contribution >= 4 is 29.9 Å². The summed E-state index contributed by atoms with van der Waals surface area (Å²) in [4.78, 5) is 7.65. The summed E-state index contributed by atoms with van der Waals surface area (Å²) in [6.45, 7) is 11.7. The van der Waals surface area contributed by atoms with Crippen molar-refractivity contribution in [3.63, 3.8) is 0 Å². The second-order valence-corrected chi connectivity index (χ2v) is 9.23. The Morgan fingerprint density at radius 2 is 1.83 bits per heavy atom. The van der Waals surface area contributed by atoms with Crippen LogP contribution in [-0.2, 0) is 13.0 Å². The highest BCUT2D eigenvalue weighted by Crippen LogP contribution is 2.21. The maximum atomic E-state index is 5.04. The van der Waals surface area contributed by atoms with E-state index >= 15 is 0 Å². The minimum atomic E-state index is 0. The summed E-state index contributed by atoms with van der Waals surface area (Å²) in [7, 11) is 0. The van der Waals surface area contributed by atoms with Crippen LogP contribution >= 0.6 is 24.0 Å². The van der Waals surface area contributed by atoms with E-state index in [0.717, 1.165) is 37.8 Å². The number of piperidine rings is 1. The van der Waals surface area contributed by atoms with Crippen LogP contribution in [0.2, 0.25) is 0 Å². The van der Waals surface area contributed by atoms with Crippen LogP contribution in [0.3, 0.4) is 0 Å². The summed E-state index contributed by atoms with van der Waals surface area (Å²) in [5.41, 5.74) is 0.102. The predicted molar refractivity (Wildman–Crippen MR) is 135 cm³/mol. The number of likely N-dealkylation sites (tertiary alicyclic amines) is 1. The third-order valence-electron chi connectivity index (χ3n) is 6.44. The molecule has 172 valence electrons. The third-order valence-corrected chi connectivity index (χ3v) is 6.44. The molecule has 0 atom stereocenters. The molecule has 0 unspecified atom stereocenters. The molecule has 0 spiro atoms. The molecule has 1 aromatic heterocycles. The van der Waals surface area contributed by atoms with Crippen LogP contribution in [0.4, 0.5) is 0 Å². The highest BCUT2D eigenvalue weighted by atomic mass is 127. The minimum absolute atomic E-state index is 0. The van der Waals surface area contributed by atoms with Crippen molar-refractivity contribution in [1.29, 1.82) is 0 Å². The number of aryl methyl sites for hydroxylation is 1.